The zero-order valence-electron chi connectivity index (χ0n) is 19.5. The van der Waals surface area contributed by atoms with Crippen LogP contribution in [-0.2, 0) is 23.8 Å². The fourth-order valence-corrected chi connectivity index (χ4v) is 2.16. The van der Waals surface area contributed by atoms with Crippen LogP contribution in [0.15, 0.2) is 0 Å². The van der Waals surface area contributed by atoms with Crippen molar-refractivity contribution in [3.05, 3.63) is 0 Å². The highest BCUT2D eigenvalue weighted by Crippen LogP contribution is 2.35. The Morgan fingerprint density at radius 1 is 0.903 bits per heavy atom. The van der Waals surface area contributed by atoms with Crippen LogP contribution in [0.2, 0.25) is 0 Å². The van der Waals surface area contributed by atoms with E-state index in [1.165, 1.54) is 0 Å². The Labute approximate surface area is 183 Å². The van der Waals surface area contributed by atoms with Crippen LogP contribution in [-0.4, -0.2) is 53.3 Å². The first-order chi connectivity index (χ1) is 14.1. The quantitative estimate of drug-likeness (QED) is 0.228. The second-order valence-electron chi connectivity index (χ2n) is 9.58. The number of carbonyl (C=O) groups excluding carboxylic acids is 4. The Kier molecular flexibility index (Phi) is 8.50. The van der Waals surface area contributed by atoms with Crippen LogP contribution in [0.3, 0.4) is 0 Å². The average molecular weight is 439 g/mol. The van der Waals surface area contributed by atoms with E-state index in [1.807, 2.05) is 0 Å². The number of alkyl carbamates (subject to hydrolysis) is 2. The molecule has 2 aliphatic rings. The molecule has 0 atom stereocenters. The molecule has 0 aromatic carbocycles. The zero-order valence-corrected chi connectivity index (χ0v) is 19.5. The standard InChI is InChI=1S/C13H19NO4.C9H15NO3/c1-5-17-10(15)6-7-13(8-9-13)14-11(16)18-12(2,3)4;1-8(2,3)13-7(12)10-9(6-11)4-5-9/h5,8-9H2,1-4H3,(H,14,16);6H,4-5H2,1-3H3,(H,10,12). The lowest BCUT2D eigenvalue weighted by atomic mass is 10.2. The molecule has 2 rings (SSSR count). The Hall–Kier alpha value is -2.76. The van der Waals surface area contributed by atoms with Gasteiger partial charge in [0.1, 0.15) is 23.0 Å². The topological polar surface area (TPSA) is 120 Å². The third-order valence-corrected chi connectivity index (χ3v) is 3.93. The molecule has 0 unspecified atom stereocenters. The van der Waals surface area contributed by atoms with Gasteiger partial charge in [0.15, 0.2) is 0 Å². The van der Waals surface area contributed by atoms with Crippen molar-refractivity contribution < 1.29 is 33.4 Å². The molecule has 2 saturated carbocycles. The van der Waals surface area contributed by atoms with Crippen molar-refractivity contribution in [1.82, 2.24) is 10.6 Å². The summed E-state index contributed by atoms with van der Waals surface area (Å²) in [6.07, 6.45) is 2.62. The second kappa shape index (κ2) is 10.0. The van der Waals surface area contributed by atoms with E-state index in [4.69, 9.17) is 14.2 Å². The predicted octanol–water partition coefficient (Wildman–Crippen LogP) is 2.85. The van der Waals surface area contributed by atoms with Crippen LogP contribution in [0.25, 0.3) is 0 Å². The number of hydrogen-bond donors (Lipinski definition) is 2. The minimum Gasteiger partial charge on any atom is -0.456 e. The minimum absolute atomic E-state index is 0.292. The maximum atomic E-state index is 11.6. The number of amides is 2. The van der Waals surface area contributed by atoms with E-state index >= 15 is 0 Å². The summed E-state index contributed by atoms with van der Waals surface area (Å²) in [5, 5.41) is 5.22. The van der Waals surface area contributed by atoms with E-state index in [9.17, 15) is 19.2 Å². The smallest absolute Gasteiger partial charge is 0.408 e. The lowest BCUT2D eigenvalue weighted by Crippen LogP contribution is -2.41. The molecule has 31 heavy (non-hydrogen) atoms. The molecule has 174 valence electrons. The normalized spacial score (nSPS) is 17.3. The Morgan fingerprint density at radius 3 is 1.74 bits per heavy atom. The van der Waals surface area contributed by atoms with Gasteiger partial charge in [0.05, 0.1) is 12.1 Å². The first-order valence-electron chi connectivity index (χ1n) is 10.3. The van der Waals surface area contributed by atoms with Crippen LogP contribution >= 0.6 is 0 Å². The molecule has 0 spiro atoms. The fraction of sp³-hybridized carbons (Fsp3) is 0.727. The molecule has 2 aliphatic carbocycles. The predicted molar refractivity (Wildman–Crippen MR) is 113 cm³/mol. The summed E-state index contributed by atoms with van der Waals surface area (Å²) in [5.41, 5.74) is -2.30. The highest BCUT2D eigenvalue weighted by atomic mass is 16.6. The Bertz CT molecular complexity index is 743. The van der Waals surface area contributed by atoms with Crippen LogP contribution < -0.4 is 10.6 Å². The number of rotatable bonds is 4. The molecule has 0 aromatic heterocycles. The van der Waals surface area contributed by atoms with Gasteiger partial charge in [-0.15, -0.1) is 0 Å². The van der Waals surface area contributed by atoms with Gasteiger partial charge in [-0.3, -0.25) is 0 Å². The first kappa shape index (κ1) is 26.3. The summed E-state index contributed by atoms with van der Waals surface area (Å²) in [7, 11) is 0. The Balaban J connectivity index is 0.000000327. The van der Waals surface area contributed by atoms with Gasteiger partial charge in [-0.2, -0.15) is 0 Å². The molecule has 2 fully saturated rings. The summed E-state index contributed by atoms with van der Waals surface area (Å²) in [4.78, 5) is 44.4. The van der Waals surface area contributed by atoms with Gasteiger partial charge in [-0.1, -0.05) is 5.92 Å². The SMILES string of the molecule is CC(C)(C)OC(=O)NC1(C=O)CC1.CCOC(=O)C#CC1(NC(=O)OC(C)(C)C)CC1. The molecule has 9 nitrogen and oxygen atoms in total. The minimum atomic E-state index is -0.623. The summed E-state index contributed by atoms with van der Waals surface area (Å²) < 4.78 is 14.8. The third kappa shape index (κ3) is 11.3. The van der Waals surface area contributed by atoms with Gasteiger partial charge < -0.3 is 29.6 Å². The fourth-order valence-electron chi connectivity index (χ4n) is 2.16. The number of hydrogen-bond acceptors (Lipinski definition) is 7. The van der Waals surface area contributed by atoms with Gasteiger partial charge >= 0.3 is 18.2 Å². The molecule has 0 aliphatic heterocycles. The average Bonchev–Trinajstić information content (AvgIpc) is 3.49. The number of nitrogens with one attached hydrogen (secondary N) is 2. The van der Waals surface area contributed by atoms with E-state index in [-0.39, 0.29) is 0 Å². The third-order valence-electron chi connectivity index (χ3n) is 3.93. The Morgan fingerprint density at radius 2 is 1.39 bits per heavy atom. The molecule has 2 amide bonds. The van der Waals surface area contributed by atoms with Gasteiger partial charge in [0, 0.05) is 5.92 Å². The van der Waals surface area contributed by atoms with Crippen LogP contribution in [0, 0.1) is 11.8 Å². The van der Waals surface area contributed by atoms with E-state index in [0.717, 1.165) is 32.0 Å². The second-order valence-corrected chi connectivity index (χ2v) is 9.58. The van der Waals surface area contributed by atoms with Gasteiger partial charge in [0.25, 0.3) is 0 Å². The molecular weight excluding hydrogens is 404 g/mol. The van der Waals surface area contributed by atoms with Gasteiger partial charge in [-0.05, 0) is 74.1 Å². The molecule has 9 heteroatoms. The van der Waals surface area contributed by atoms with Crippen LogP contribution in [0.4, 0.5) is 9.59 Å². The van der Waals surface area contributed by atoms with Crippen molar-refractivity contribution >= 4 is 24.4 Å². The van der Waals surface area contributed by atoms with Crippen molar-refractivity contribution in [2.45, 2.75) is 96.4 Å². The number of aldehydes is 1. The summed E-state index contributed by atoms with van der Waals surface area (Å²) in [6.45, 7) is 12.7. The van der Waals surface area contributed by atoms with E-state index in [0.29, 0.717) is 6.61 Å². The van der Waals surface area contributed by atoms with Crippen molar-refractivity contribution in [2.75, 3.05) is 6.61 Å². The molecule has 0 heterocycles. The molecule has 0 bridgehead atoms. The first-order valence-corrected chi connectivity index (χ1v) is 10.3. The zero-order chi connectivity index (χ0) is 23.9. The largest absolute Gasteiger partial charge is 0.456 e. The van der Waals surface area contributed by atoms with Gasteiger partial charge in [0.2, 0.25) is 0 Å². The highest BCUT2D eigenvalue weighted by Gasteiger charge is 2.45. The summed E-state index contributed by atoms with van der Waals surface area (Å²) in [5.74, 6) is 4.53. The molecule has 0 aromatic rings. The lowest BCUT2D eigenvalue weighted by Gasteiger charge is -2.21. The van der Waals surface area contributed by atoms with Crippen molar-refractivity contribution in [3.63, 3.8) is 0 Å². The lowest BCUT2D eigenvalue weighted by molar-refractivity contribution is -0.136. The summed E-state index contributed by atoms with van der Waals surface area (Å²) in [6, 6.07) is 0. The monoisotopic (exact) mass is 438 g/mol. The van der Waals surface area contributed by atoms with Crippen molar-refractivity contribution in [1.29, 1.82) is 0 Å². The van der Waals surface area contributed by atoms with E-state index < -0.39 is 40.4 Å². The molecule has 0 saturated heterocycles. The van der Waals surface area contributed by atoms with E-state index in [1.54, 1.807) is 48.5 Å². The number of esters is 1. The summed E-state index contributed by atoms with van der Waals surface area (Å²) >= 11 is 0. The van der Waals surface area contributed by atoms with Crippen molar-refractivity contribution in [3.8, 4) is 11.8 Å². The van der Waals surface area contributed by atoms with E-state index in [2.05, 4.69) is 22.5 Å². The molecular formula is C22H34N2O7. The maximum Gasteiger partial charge on any atom is 0.408 e. The van der Waals surface area contributed by atoms with Crippen LogP contribution in [0.1, 0.15) is 74.1 Å². The molecule has 0 radical (unpaired) electrons. The van der Waals surface area contributed by atoms with Gasteiger partial charge in [-0.25, -0.2) is 14.4 Å². The number of ether oxygens (including phenoxy) is 3. The molecule has 2 N–H and O–H groups in total. The number of carbonyl (C=O) groups is 4. The highest BCUT2D eigenvalue weighted by molar-refractivity contribution is 5.89. The van der Waals surface area contributed by atoms with Crippen molar-refractivity contribution in [2.24, 2.45) is 0 Å². The van der Waals surface area contributed by atoms with Crippen LogP contribution in [0.5, 0.6) is 0 Å². The maximum absolute atomic E-state index is 11.6.